The van der Waals surface area contributed by atoms with Crippen molar-refractivity contribution in [3.8, 4) is 11.5 Å². The van der Waals surface area contributed by atoms with Crippen LogP contribution >= 0.6 is 0 Å². The Hall–Kier alpha value is -3.62. The van der Waals surface area contributed by atoms with Gasteiger partial charge in [0, 0.05) is 32.2 Å². The van der Waals surface area contributed by atoms with E-state index in [0.717, 1.165) is 18.7 Å². The third-order valence-electron chi connectivity index (χ3n) is 6.50. The average Bonchev–Trinajstić information content (AvgIpc) is 3.18. The van der Waals surface area contributed by atoms with Gasteiger partial charge in [-0.1, -0.05) is 24.8 Å². The number of amides is 1. The molecular weight excluding hydrogens is 448 g/mol. The predicted molar refractivity (Wildman–Crippen MR) is 131 cm³/mol. The van der Waals surface area contributed by atoms with E-state index in [-0.39, 0.29) is 17.1 Å². The zero-order valence-corrected chi connectivity index (χ0v) is 19.7. The number of carbonyl (C=O) groups is 1. The van der Waals surface area contributed by atoms with Crippen LogP contribution in [-0.4, -0.2) is 68.8 Å². The molecule has 0 saturated carbocycles. The second-order valence-corrected chi connectivity index (χ2v) is 8.56. The molecule has 1 atom stereocenters. The lowest BCUT2D eigenvalue weighted by atomic mass is 9.98. The molecule has 2 aliphatic heterocycles. The van der Waals surface area contributed by atoms with Crippen molar-refractivity contribution in [2.75, 3.05) is 53.1 Å². The molecule has 5 rings (SSSR count). The van der Waals surface area contributed by atoms with E-state index >= 15 is 0 Å². The SMILES string of the molecule is C=CCOc1ccc(C2c3c(oc4cc(OC)ccc4c3=O)C(=O)N2CCN2CCOCC2)cc1. The molecule has 2 aliphatic rings. The number of rotatable bonds is 8. The van der Waals surface area contributed by atoms with E-state index in [0.29, 0.717) is 60.9 Å². The third kappa shape index (κ3) is 4.42. The van der Waals surface area contributed by atoms with Gasteiger partial charge in [-0.05, 0) is 29.8 Å². The smallest absolute Gasteiger partial charge is 0.290 e. The molecule has 1 amide bonds. The maximum atomic E-state index is 13.7. The predicted octanol–water partition coefficient (Wildman–Crippen LogP) is 3.24. The lowest BCUT2D eigenvalue weighted by Crippen LogP contribution is -2.42. The Bertz CT molecular complexity index is 1290. The Balaban J connectivity index is 1.56. The molecule has 35 heavy (non-hydrogen) atoms. The number of hydrogen-bond donors (Lipinski definition) is 0. The molecule has 0 bridgehead atoms. The van der Waals surface area contributed by atoms with Crippen molar-refractivity contribution in [2.45, 2.75) is 6.04 Å². The second-order valence-electron chi connectivity index (χ2n) is 8.56. The van der Waals surface area contributed by atoms with Gasteiger partial charge in [0.25, 0.3) is 5.91 Å². The topological polar surface area (TPSA) is 81.5 Å². The first-order chi connectivity index (χ1) is 17.1. The van der Waals surface area contributed by atoms with Crippen LogP contribution in [0.3, 0.4) is 0 Å². The lowest BCUT2D eigenvalue weighted by molar-refractivity contribution is 0.0314. The van der Waals surface area contributed by atoms with Crippen LogP contribution in [-0.2, 0) is 4.74 Å². The normalized spacial score (nSPS) is 18.0. The van der Waals surface area contributed by atoms with E-state index < -0.39 is 6.04 Å². The standard InChI is InChI=1S/C27H28N2O6/c1-3-14-34-19-6-4-18(5-7-19)24-23-25(30)21-9-8-20(32-2)17-22(21)35-26(23)27(31)29(24)11-10-28-12-15-33-16-13-28/h3-9,17,24H,1,10-16H2,2H3. The Morgan fingerprint density at radius 3 is 2.51 bits per heavy atom. The third-order valence-corrected chi connectivity index (χ3v) is 6.50. The summed E-state index contributed by atoms with van der Waals surface area (Å²) in [6.45, 7) is 8.20. The van der Waals surface area contributed by atoms with E-state index in [1.165, 1.54) is 0 Å². The minimum atomic E-state index is -0.547. The van der Waals surface area contributed by atoms with E-state index in [9.17, 15) is 9.59 Å². The largest absolute Gasteiger partial charge is 0.497 e. The number of benzene rings is 2. The fourth-order valence-corrected chi connectivity index (χ4v) is 4.68. The molecule has 8 heteroatoms. The fourth-order valence-electron chi connectivity index (χ4n) is 4.68. The maximum absolute atomic E-state index is 13.7. The second kappa shape index (κ2) is 9.93. The number of nitrogens with zero attached hydrogens (tertiary/aromatic N) is 2. The van der Waals surface area contributed by atoms with Gasteiger partial charge in [0.05, 0.1) is 37.3 Å². The summed E-state index contributed by atoms with van der Waals surface area (Å²) in [7, 11) is 1.55. The van der Waals surface area contributed by atoms with Crippen molar-refractivity contribution in [1.82, 2.24) is 9.80 Å². The van der Waals surface area contributed by atoms with Gasteiger partial charge in [-0.15, -0.1) is 0 Å². The van der Waals surface area contributed by atoms with Crippen molar-refractivity contribution in [2.24, 2.45) is 0 Å². The van der Waals surface area contributed by atoms with Crippen LogP contribution in [0.4, 0.5) is 0 Å². The fraction of sp³-hybridized carbons (Fsp3) is 0.333. The van der Waals surface area contributed by atoms with Crippen LogP contribution in [0.15, 0.2) is 64.3 Å². The van der Waals surface area contributed by atoms with Gasteiger partial charge < -0.3 is 23.5 Å². The van der Waals surface area contributed by atoms with Crippen LogP contribution in [0.2, 0.25) is 0 Å². The summed E-state index contributed by atoms with van der Waals surface area (Å²) in [5.41, 5.74) is 1.33. The molecule has 0 aliphatic carbocycles. The number of fused-ring (bicyclic) bond motifs is 2. The molecule has 8 nitrogen and oxygen atoms in total. The van der Waals surface area contributed by atoms with E-state index in [4.69, 9.17) is 18.6 Å². The number of hydrogen-bond acceptors (Lipinski definition) is 7. The van der Waals surface area contributed by atoms with Crippen LogP contribution in [0.1, 0.15) is 27.7 Å². The summed E-state index contributed by atoms with van der Waals surface area (Å²) in [6.07, 6.45) is 1.68. The monoisotopic (exact) mass is 476 g/mol. The Morgan fingerprint density at radius 1 is 1.06 bits per heavy atom. The summed E-state index contributed by atoms with van der Waals surface area (Å²) in [4.78, 5) is 31.3. The number of methoxy groups -OCH3 is 1. The van der Waals surface area contributed by atoms with Crippen LogP contribution in [0.25, 0.3) is 11.0 Å². The van der Waals surface area contributed by atoms with Gasteiger partial charge in [0.15, 0.2) is 5.43 Å². The van der Waals surface area contributed by atoms with Crippen molar-refractivity contribution in [1.29, 1.82) is 0 Å². The molecule has 3 heterocycles. The molecule has 1 saturated heterocycles. The molecule has 0 radical (unpaired) electrons. The first kappa shape index (κ1) is 23.1. The highest BCUT2D eigenvalue weighted by molar-refractivity contribution is 5.99. The molecule has 182 valence electrons. The Labute approximate surface area is 203 Å². The highest BCUT2D eigenvalue weighted by atomic mass is 16.5. The van der Waals surface area contributed by atoms with Gasteiger partial charge in [0.2, 0.25) is 5.76 Å². The number of carbonyl (C=O) groups excluding carboxylic acids is 1. The molecule has 0 N–H and O–H groups in total. The maximum Gasteiger partial charge on any atom is 0.290 e. The Morgan fingerprint density at radius 2 is 1.80 bits per heavy atom. The summed E-state index contributed by atoms with van der Waals surface area (Å²) in [6, 6.07) is 12.0. The van der Waals surface area contributed by atoms with Crippen molar-refractivity contribution >= 4 is 16.9 Å². The molecular formula is C27H28N2O6. The summed E-state index contributed by atoms with van der Waals surface area (Å²) in [5, 5.41) is 0.420. The molecule has 2 aromatic carbocycles. The van der Waals surface area contributed by atoms with E-state index in [1.54, 1.807) is 36.3 Å². The zero-order chi connectivity index (χ0) is 24.4. The minimum absolute atomic E-state index is 0.0923. The molecule has 1 aromatic heterocycles. The van der Waals surface area contributed by atoms with Gasteiger partial charge in [-0.25, -0.2) is 0 Å². The van der Waals surface area contributed by atoms with Crippen molar-refractivity contribution in [3.05, 3.63) is 82.2 Å². The Kier molecular flexibility index (Phi) is 6.57. The van der Waals surface area contributed by atoms with Crippen molar-refractivity contribution in [3.63, 3.8) is 0 Å². The quantitative estimate of drug-likeness (QED) is 0.462. The van der Waals surface area contributed by atoms with Crippen LogP contribution < -0.4 is 14.9 Å². The highest BCUT2D eigenvalue weighted by Gasteiger charge is 2.42. The highest BCUT2D eigenvalue weighted by Crippen LogP contribution is 2.38. The van der Waals surface area contributed by atoms with Gasteiger partial charge in [-0.3, -0.25) is 14.5 Å². The van der Waals surface area contributed by atoms with Crippen molar-refractivity contribution < 1.29 is 23.4 Å². The summed E-state index contributed by atoms with van der Waals surface area (Å²) in [5.74, 6) is 1.05. The average molecular weight is 477 g/mol. The lowest BCUT2D eigenvalue weighted by Gasteiger charge is -2.31. The molecule has 1 fully saturated rings. The first-order valence-corrected chi connectivity index (χ1v) is 11.7. The van der Waals surface area contributed by atoms with E-state index in [1.807, 2.05) is 24.3 Å². The van der Waals surface area contributed by atoms with Gasteiger partial charge in [0.1, 0.15) is 23.7 Å². The minimum Gasteiger partial charge on any atom is -0.497 e. The van der Waals surface area contributed by atoms with Crippen LogP contribution in [0, 0.1) is 0 Å². The molecule has 0 spiro atoms. The number of morpholine rings is 1. The van der Waals surface area contributed by atoms with Gasteiger partial charge in [-0.2, -0.15) is 0 Å². The summed E-state index contributed by atoms with van der Waals surface area (Å²) < 4.78 is 22.4. The zero-order valence-electron chi connectivity index (χ0n) is 19.7. The van der Waals surface area contributed by atoms with Crippen LogP contribution in [0.5, 0.6) is 11.5 Å². The summed E-state index contributed by atoms with van der Waals surface area (Å²) >= 11 is 0. The first-order valence-electron chi connectivity index (χ1n) is 11.7. The molecule has 1 unspecified atom stereocenters. The van der Waals surface area contributed by atoms with E-state index in [2.05, 4.69) is 11.5 Å². The molecule has 3 aromatic rings. The van der Waals surface area contributed by atoms with Gasteiger partial charge >= 0.3 is 0 Å². The number of ether oxygens (including phenoxy) is 3.